The molecule has 7 heteroatoms. The normalized spacial score (nSPS) is 26.8. The third kappa shape index (κ3) is 6.02. The number of carbonyl (C=O) groups excluding carboxylic acids is 1. The predicted molar refractivity (Wildman–Crippen MR) is 106 cm³/mol. The minimum absolute atomic E-state index is 0.0906. The molecule has 1 aromatic heterocycles. The molecule has 2 aliphatic heterocycles. The maximum Gasteiger partial charge on any atom is 0.237 e. The largest absolute Gasteiger partial charge is 0.373 e. The second-order valence-corrected chi connectivity index (χ2v) is 8.20. The molecule has 27 heavy (non-hydrogen) atoms. The predicted octanol–water partition coefficient (Wildman–Crippen LogP) is 1.28. The van der Waals surface area contributed by atoms with Crippen molar-refractivity contribution in [3.63, 3.8) is 0 Å². The second kappa shape index (κ2) is 9.66. The number of hydrogen-bond donors (Lipinski definition) is 2. The van der Waals surface area contributed by atoms with Gasteiger partial charge in [0.25, 0.3) is 0 Å². The van der Waals surface area contributed by atoms with Crippen molar-refractivity contribution in [1.29, 1.82) is 0 Å². The smallest absolute Gasteiger partial charge is 0.237 e. The van der Waals surface area contributed by atoms with Gasteiger partial charge in [-0.1, -0.05) is 0 Å². The summed E-state index contributed by atoms with van der Waals surface area (Å²) in [5.74, 6) is 1.80. The third-order valence-corrected chi connectivity index (χ3v) is 5.87. The van der Waals surface area contributed by atoms with Gasteiger partial charge in [0.15, 0.2) is 0 Å². The van der Waals surface area contributed by atoms with Crippen molar-refractivity contribution >= 4 is 5.91 Å². The molecule has 3 unspecified atom stereocenters. The van der Waals surface area contributed by atoms with E-state index in [1.165, 1.54) is 0 Å². The summed E-state index contributed by atoms with van der Waals surface area (Å²) in [6, 6.07) is -0.0906. The lowest BCUT2D eigenvalue weighted by atomic mass is 9.96. The standard InChI is InChI=1S/C20H35N5O2/c1-15-13-25(14-16(2)27-15)17(3)20(26)23-12-18-4-9-24(10-5-18)11-6-19-21-7-8-22-19/h7-8,15-18H,4-6,9-14H2,1-3H3,(H,21,22)(H,23,26). The number of imidazole rings is 1. The van der Waals surface area contributed by atoms with E-state index in [0.717, 1.165) is 64.4 Å². The van der Waals surface area contributed by atoms with E-state index in [-0.39, 0.29) is 24.2 Å². The van der Waals surface area contributed by atoms with Gasteiger partial charge in [-0.15, -0.1) is 0 Å². The number of morpholine rings is 1. The lowest BCUT2D eigenvalue weighted by Crippen LogP contribution is -2.54. The Hall–Kier alpha value is -1.44. The quantitative estimate of drug-likeness (QED) is 0.749. The number of likely N-dealkylation sites (tertiary alicyclic amines) is 1. The zero-order valence-corrected chi connectivity index (χ0v) is 17.0. The maximum atomic E-state index is 12.6. The molecule has 3 heterocycles. The van der Waals surface area contributed by atoms with E-state index >= 15 is 0 Å². The molecular formula is C20H35N5O2. The summed E-state index contributed by atoms with van der Waals surface area (Å²) in [6.07, 6.45) is 7.34. The summed E-state index contributed by atoms with van der Waals surface area (Å²) in [7, 11) is 0. The van der Waals surface area contributed by atoms with Gasteiger partial charge in [0.2, 0.25) is 5.91 Å². The van der Waals surface area contributed by atoms with Crippen LogP contribution < -0.4 is 5.32 Å². The van der Waals surface area contributed by atoms with Crippen molar-refractivity contribution in [2.24, 2.45) is 5.92 Å². The van der Waals surface area contributed by atoms with Crippen LogP contribution in [0.4, 0.5) is 0 Å². The third-order valence-electron chi connectivity index (χ3n) is 5.87. The van der Waals surface area contributed by atoms with Crippen LogP contribution >= 0.6 is 0 Å². The fourth-order valence-electron chi connectivity index (χ4n) is 4.21. The first-order chi connectivity index (χ1) is 13.0. The number of amides is 1. The molecule has 0 radical (unpaired) electrons. The van der Waals surface area contributed by atoms with Crippen molar-refractivity contribution in [3.05, 3.63) is 18.2 Å². The molecule has 0 aromatic carbocycles. The molecule has 2 fully saturated rings. The Morgan fingerprint density at radius 1 is 1.33 bits per heavy atom. The summed E-state index contributed by atoms with van der Waals surface area (Å²) in [5, 5.41) is 3.19. The number of piperidine rings is 1. The van der Waals surface area contributed by atoms with Gasteiger partial charge in [-0.05, 0) is 52.6 Å². The Labute approximate surface area is 162 Å². The van der Waals surface area contributed by atoms with Crippen LogP contribution in [0.1, 0.15) is 39.4 Å². The fraction of sp³-hybridized carbons (Fsp3) is 0.800. The van der Waals surface area contributed by atoms with E-state index in [0.29, 0.717) is 5.92 Å². The van der Waals surface area contributed by atoms with Crippen molar-refractivity contribution < 1.29 is 9.53 Å². The molecule has 2 N–H and O–H groups in total. The Balaban J connectivity index is 1.33. The van der Waals surface area contributed by atoms with Crippen molar-refractivity contribution in [2.75, 3.05) is 39.3 Å². The number of H-pyrrole nitrogens is 1. The summed E-state index contributed by atoms with van der Waals surface area (Å²) >= 11 is 0. The van der Waals surface area contributed by atoms with E-state index in [9.17, 15) is 4.79 Å². The van der Waals surface area contributed by atoms with E-state index in [2.05, 4.69) is 38.9 Å². The van der Waals surface area contributed by atoms with Gasteiger partial charge in [0.05, 0.1) is 18.2 Å². The van der Waals surface area contributed by atoms with Gasteiger partial charge in [-0.25, -0.2) is 4.98 Å². The molecule has 0 bridgehead atoms. The highest BCUT2D eigenvalue weighted by molar-refractivity contribution is 5.81. The Morgan fingerprint density at radius 3 is 2.67 bits per heavy atom. The van der Waals surface area contributed by atoms with Gasteiger partial charge in [-0.3, -0.25) is 9.69 Å². The molecule has 0 saturated carbocycles. The van der Waals surface area contributed by atoms with Crippen molar-refractivity contribution in [1.82, 2.24) is 25.1 Å². The van der Waals surface area contributed by atoms with Crippen LogP contribution in [0.2, 0.25) is 0 Å². The summed E-state index contributed by atoms with van der Waals surface area (Å²) in [5.41, 5.74) is 0. The molecule has 7 nitrogen and oxygen atoms in total. The first kappa shape index (κ1) is 20.3. The Morgan fingerprint density at radius 2 is 2.04 bits per heavy atom. The van der Waals surface area contributed by atoms with Crippen LogP contribution in [0.5, 0.6) is 0 Å². The lowest BCUT2D eigenvalue weighted by molar-refractivity contribution is -0.132. The van der Waals surface area contributed by atoms with Crippen LogP contribution in [0.15, 0.2) is 12.4 Å². The minimum atomic E-state index is -0.0906. The Bertz CT molecular complexity index is 561. The number of aromatic amines is 1. The Kier molecular flexibility index (Phi) is 7.26. The molecule has 152 valence electrons. The molecule has 1 aromatic rings. The molecular weight excluding hydrogens is 342 g/mol. The van der Waals surface area contributed by atoms with E-state index in [1.54, 1.807) is 0 Å². The van der Waals surface area contributed by atoms with Crippen LogP contribution in [-0.2, 0) is 16.0 Å². The molecule has 2 saturated heterocycles. The summed E-state index contributed by atoms with van der Waals surface area (Å²) in [4.78, 5) is 24.8. The molecule has 1 amide bonds. The minimum Gasteiger partial charge on any atom is -0.373 e. The van der Waals surface area contributed by atoms with Gasteiger partial charge < -0.3 is 19.9 Å². The number of aromatic nitrogens is 2. The highest BCUT2D eigenvalue weighted by Crippen LogP contribution is 2.17. The molecule has 3 atom stereocenters. The highest BCUT2D eigenvalue weighted by Gasteiger charge is 2.29. The molecule has 2 aliphatic rings. The average Bonchev–Trinajstić information content (AvgIpc) is 3.17. The van der Waals surface area contributed by atoms with Crippen LogP contribution in [-0.4, -0.2) is 83.2 Å². The van der Waals surface area contributed by atoms with Crippen LogP contribution in [0.25, 0.3) is 0 Å². The molecule has 3 rings (SSSR count). The van der Waals surface area contributed by atoms with E-state index in [1.807, 2.05) is 19.3 Å². The number of nitrogens with zero attached hydrogens (tertiary/aromatic N) is 3. The van der Waals surface area contributed by atoms with Crippen molar-refractivity contribution in [3.8, 4) is 0 Å². The van der Waals surface area contributed by atoms with E-state index < -0.39 is 0 Å². The summed E-state index contributed by atoms with van der Waals surface area (Å²) in [6.45, 7) is 11.9. The number of ether oxygens (including phenoxy) is 1. The molecule has 0 spiro atoms. The number of hydrogen-bond acceptors (Lipinski definition) is 5. The average molecular weight is 378 g/mol. The number of nitrogens with one attached hydrogen (secondary N) is 2. The van der Waals surface area contributed by atoms with Crippen LogP contribution in [0.3, 0.4) is 0 Å². The zero-order valence-electron chi connectivity index (χ0n) is 17.0. The second-order valence-electron chi connectivity index (χ2n) is 8.20. The fourth-order valence-corrected chi connectivity index (χ4v) is 4.21. The van der Waals surface area contributed by atoms with Gasteiger partial charge in [-0.2, -0.15) is 0 Å². The molecule has 0 aliphatic carbocycles. The number of rotatable bonds is 7. The topological polar surface area (TPSA) is 73.5 Å². The van der Waals surface area contributed by atoms with Gasteiger partial charge >= 0.3 is 0 Å². The van der Waals surface area contributed by atoms with E-state index in [4.69, 9.17) is 4.74 Å². The SMILES string of the molecule is CC1CN(C(C)C(=O)NCC2CCN(CCc3ncc[nH]3)CC2)CC(C)O1. The maximum absolute atomic E-state index is 12.6. The first-order valence-electron chi connectivity index (χ1n) is 10.4. The monoisotopic (exact) mass is 377 g/mol. The summed E-state index contributed by atoms with van der Waals surface area (Å²) < 4.78 is 5.77. The zero-order chi connectivity index (χ0) is 19.2. The number of carbonyl (C=O) groups is 1. The highest BCUT2D eigenvalue weighted by atomic mass is 16.5. The van der Waals surface area contributed by atoms with Crippen LogP contribution in [0, 0.1) is 5.92 Å². The lowest BCUT2D eigenvalue weighted by Gasteiger charge is -2.38. The van der Waals surface area contributed by atoms with Crippen molar-refractivity contribution in [2.45, 2.75) is 58.3 Å². The van der Waals surface area contributed by atoms with Gasteiger partial charge in [0, 0.05) is 45.0 Å². The van der Waals surface area contributed by atoms with Gasteiger partial charge in [0.1, 0.15) is 5.82 Å². The first-order valence-corrected chi connectivity index (χ1v) is 10.4.